The van der Waals surface area contributed by atoms with Crippen LogP contribution in [0.3, 0.4) is 0 Å². The second kappa shape index (κ2) is 11.1. The molecule has 0 aromatic heterocycles. The van der Waals surface area contributed by atoms with Crippen LogP contribution in [-0.2, 0) is 17.8 Å². The molecule has 2 N–H and O–H groups in total. The quantitative estimate of drug-likeness (QED) is 0.347. The van der Waals surface area contributed by atoms with Crippen LogP contribution in [0.1, 0.15) is 45.2 Å². The summed E-state index contributed by atoms with van der Waals surface area (Å²) in [5.41, 5.74) is 6.44. The van der Waals surface area contributed by atoms with Crippen LogP contribution >= 0.6 is 0 Å². The Morgan fingerprint density at radius 3 is 2.26 bits per heavy atom. The average Bonchev–Trinajstić information content (AvgIpc) is 2.96. The van der Waals surface area contributed by atoms with Gasteiger partial charge in [-0.05, 0) is 71.5 Å². The van der Waals surface area contributed by atoms with E-state index in [2.05, 4.69) is 16.7 Å². The fourth-order valence-corrected chi connectivity index (χ4v) is 4.87. The van der Waals surface area contributed by atoms with Crippen LogP contribution in [-0.4, -0.2) is 24.3 Å². The summed E-state index contributed by atoms with van der Waals surface area (Å²) < 4.78 is 0. The zero-order valence-electron chi connectivity index (χ0n) is 21.2. The summed E-state index contributed by atoms with van der Waals surface area (Å²) >= 11 is 0. The SMILES string of the molecule is CC(=O)NCc1ccccc1-c1ccccc1C(=O)Nc1ccc(C(=O)N2CCCc3ccccc32)cc1. The highest BCUT2D eigenvalue weighted by molar-refractivity contribution is 6.10. The number of carbonyl (C=O) groups is 3. The van der Waals surface area contributed by atoms with E-state index < -0.39 is 0 Å². The maximum absolute atomic E-state index is 13.3. The number of nitrogens with zero attached hydrogens (tertiary/aromatic N) is 1. The first-order chi connectivity index (χ1) is 18.5. The Morgan fingerprint density at radius 2 is 1.47 bits per heavy atom. The van der Waals surface area contributed by atoms with Crippen molar-refractivity contribution in [1.29, 1.82) is 0 Å². The van der Waals surface area contributed by atoms with Crippen molar-refractivity contribution in [2.24, 2.45) is 0 Å². The van der Waals surface area contributed by atoms with Crippen molar-refractivity contribution in [3.8, 4) is 11.1 Å². The highest BCUT2D eigenvalue weighted by atomic mass is 16.2. The van der Waals surface area contributed by atoms with E-state index in [0.717, 1.165) is 35.2 Å². The lowest BCUT2D eigenvalue weighted by atomic mass is 9.95. The molecule has 1 heterocycles. The fourth-order valence-electron chi connectivity index (χ4n) is 4.87. The molecule has 0 saturated carbocycles. The maximum Gasteiger partial charge on any atom is 0.258 e. The summed E-state index contributed by atoms with van der Waals surface area (Å²) in [7, 11) is 0. The van der Waals surface area contributed by atoms with Crippen LogP contribution < -0.4 is 15.5 Å². The van der Waals surface area contributed by atoms with E-state index in [0.29, 0.717) is 29.9 Å². The summed E-state index contributed by atoms with van der Waals surface area (Å²) in [4.78, 5) is 39.9. The van der Waals surface area contributed by atoms with Crippen molar-refractivity contribution in [3.05, 3.63) is 119 Å². The number of fused-ring (bicyclic) bond motifs is 1. The van der Waals surface area contributed by atoms with Gasteiger partial charge in [0, 0.05) is 42.5 Å². The summed E-state index contributed by atoms with van der Waals surface area (Å²) in [6.45, 7) is 2.54. The molecule has 0 bridgehead atoms. The molecule has 0 saturated heterocycles. The highest BCUT2D eigenvalue weighted by Gasteiger charge is 2.23. The number of benzene rings is 4. The van der Waals surface area contributed by atoms with E-state index in [4.69, 9.17) is 0 Å². The Bertz CT molecular complexity index is 1490. The summed E-state index contributed by atoms with van der Waals surface area (Å²) in [6.07, 6.45) is 1.91. The molecule has 0 radical (unpaired) electrons. The first-order valence-corrected chi connectivity index (χ1v) is 12.7. The van der Waals surface area contributed by atoms with Gasteiger partial charge < -0.3 is 15.5 Å². The van der Waals surface area contributed by atoms with Crippen LogP contribution in [0.25, 0.3) is 11.1 Å². The molecule has 0 unspecified atom stereocenters. The average molecular weight is 504 g/mol. The van der Waals surface area contributed by atoms with Crippen LogP contribution in [0.15, 0.2) is 97.1 Å². The first-order valence-electron chi connectivity index (χ1n) is 12.7. The third-order valence-corrected chi connectivity index (χ3v) is 6.75. The predicted octanol–water partition coefficient (Wildman–Crippen LogP) is 5.84. The second-order valence-electron chi connectivity index (χ2n) is 9.33. The summed E-state index contributed by atoms with van der Waals surface area (Å²) in [5, 5.41) is 5.80. The molecule has 38 heavy (non-hydrogen) atoms. The minimum atomic E-state index is -0.251. The zero-order valence-corrected chi connectivity index (χ0v) is 21.2. The third kappa shape index (κ3) is 5.34. The van der Waals surface area contributed by atoms with Gasteiger partial charge in [-0.15, -0.1) is 0 Å². The van der Waals surface area contributed by atoms with Crippen LogP contribution in [0, 0.1) is 0 Å². The van der Waals surface area contributed by atoms with Crippen molar-refractivity contribution >= 4 is 29.1 Å². The highest BCUT2D eigenvalue weighted by Crippen LogP contribution is 2.30. The molecule has 4 aromatic rings. The Morgan fingerprint density at radius 1 is 0.789 bits per heavy atom. The molecule has 6 heteroatoms. The van der Waals surface area contributed by atoms with Gasteiger partial charge in [-0.3, -0.25) is 14.4 Å². The molecular weight excluding hydrogens is 474 g/mol. The topological polar surface area (TPSA) is 78.5 Å². The standard InChI is InChI=1S/C32H29N3O3/c1-22(36)33-21-25-10-2-4-12-27(25)28-13-5-6-14-29(28)31(37)34-26-18-16-24(17-19-26)32(38)35-20-8-11-23-9-3-7-15-30(23)35/h2-7,9-10,12-19H,8,11,20-21H2,1H3,(H,33,36)(H,34,37). The molecule has 0 aliphatic carbocycles. The second-order valence-corrected chi connectivity index (χ2v) is 9.33. The van der Waals surface area contributed by atoms with E-state index in [1.165, 1.54) is 12.5 Å². The number of hydrogen-bond acceptors (Lipinski definition) is 3. The smallest absolute Gasteiger partial charge is 0.258 e. The minimum Gasteiger partial charge on any atom is -0.352 e. The molecule has 6 nitrogen and oxygen atoms in total. The number of hydrogen-bond donors (Lipinski definition) is 2. The van der Waals surface area contributed by atoms with Gasteiger partial charge in [-0.2, -0.15) is 0 Å². The molecule has 190 valence electrons. The normalized spacial score (nSPS) is 12.4. The van der Waals surface area contributed by atoms with Crippen molar-refractivity contribution < 1.29 is 14.4 Å². The van der Waals surface area contributed by atoms with Gasteiger partial charge in [0.05, 0.1) is 0 Å². The Labute approximate surface area is 222 Å². The third-order valence-electron chi connectivity index (χ3n) is 6.75. The van der Waals surface area contributed by atoms with Gasteiger partial charge in [-0.1, -0.05) is 60.7 Å². The predicted molar refractivity (Wildman–Crippen MR) is 150 cm³/mol. The molecule has 4 aromatic carbocycles. The van der Waals surface area contributed by atoms with E-state index in [9.17, 15) is 14.4 Å². The molecule has 3 amide bonds. The van der Waals surface area contributed by atoms with E-state index in [1.807, 2.05) is 65.6 Å². The monoisotopic (exact) mass is 503 g/mol. The molecule has 5 rings (SSSR count). The molecule has 0 spiro atoms. The van der Waals surface area contributed by atoms with Crippen molar-refractivity contribution in [1.82, 2.24) is 5.32 Å². The van der Waals surface area contributed by atoms with Crippen molar-refractivity contribution in [2.75, 3.05) is 16.8 Å². The van der Waals surface area contributed by atoms with Gasteiger partial charge in [0.25, 0.3) is 11.8 Å². The van der Waals surface area contributed by atoms with Crippen LogP contribution in [0.5, 0.6) is 0 Å². The molecule has 1 aliphatic rings. The lowest BCUT2D eigenvalue weighted by Crippen LogP contribution is -2.35. The van der Waals surface area contributed by atoms with Gasteiger partial charge >= 0.3 is 0 Å². The van der Waals surface area contributed by atoms with Crippen molar-refractivity contribution in [3.63, 3.8) is 0 Å². The Kier molecular flexibility index (Phi) is 7.31. The largest absolute Gasteiger partial charge is 0.352 e. The molecular formula is C32H29N3O3. The van der Waals surface area contributed by atoms with Crippen molar-refractivity contribution in [2.45, 2.75) is 26.3 Å². The number of rotatable bonds is 6. The molecule has 1 aliphatic heterocycles. The Balaban J connectivity index is 1.34. The molecule has 0 fully saturated rings. The zero-order chi connectivity index (χ0) is 26.5. The first kappa shape index (κ1) is 25.0. The fraction of sp³-hybridized carbons (Fsp3) is 0.156. The summed E-state index contributed by atoms with van der Waals surface area (Å²) in [6, 6.07) is 30.2. The lowest BCUT2D eigenvalue weighted by Gasteiger charge is -2.29. The van der Waals surface area contributed by atoms with Crippen LogP contribution in [0.2, 0.25) is 0 Å². The van der Waals surface area contributed by atoms with E-state index >= 15 is 0 Å². The van der Waals surface area contributed by atoms with Gasteiger partial charge in [0.15, 0.2) is 0 Å². The van der Waals surface area contributed by atoms with E-state index in [-0.39, 0.29) is 17.7 Å². The summed E-state index contributed by atoms with van der Waals surface area (Å²) in [5.74, 6) is -0.410. The Hall–Kier alpha value is -4.71. The number of para-hydroxylation sites is 1. The van der Waals surface area contributed by atoms with Crippen LogP contribution in [0.4, 0.5) is 11.4 Å². The molecule has 0 atom stereocenters. The van der Waals surface area contributed by atoms with Gasteiger partial charge in [0.1, 0.15) is 0 Å². The number of amides is 3. The number of nitrogens with one attached hydrogen (secondary N) is 2. The van der Waals surface area contributed by atoms with Gasteiger partial charge in [0.2, 0.25) is 5.91 Å². The minimum absolute atomic E-state index is 0.0452. The maximum atomic E-state index is 13.3. The number of aryl methyl sites for hydroxylation is 1. The van der Waals surface area contributed by atoms with Gasteiger partial charge in [-0.25, -0.2) is 0 Å². The van der Waals surface area contributed by atoms with E-state index in [1.54, 1.807) is 30.3 Å². The number of carbonyl (C=O) groups excluding carboxylic acids is 3. The lowest BCUT2D eigenvalue weighted by molar-refractivity contribution is -0.119. The number of anilines is 2.